The fourth-order valence-electron chi connectivity index (χ4n) is 1.46. The molecule has 3 heteroatoms. The average molecular weight is 244 g/mol. The van der Waals surface area contributed by atoms with E-state index in [2.05, 4.69) is 25.2 Å². The van der Waals surface area contributed by atoms with Crippen LogP contribution in [0.25, 0.3) is 0 Å². The molecule has 0 aliphatic heterocycles. The third-order valence-electron chi connectivity index (χ3n) is 2.41. The quantitative estimate of drug-likeness (QED) is 0.775. The molecule has 1 N–H and O–H groups in total. The van der Waals surface area contributed by atoms with Gasteiger partial charge in [-0.05, 0) is 24.9 Å². The van der Waals surface area contributed by atoms with E-state index in [4.69, 9.17) is 4.74 Å². The molecule has 0 saturated carbocycles. The number of hydrogen-bond donors (Lipinski definition) is 1. The van der Waals surface area contributed by atoms with E-state index in [1.807, 2.05) is 18.2 Å². The summed E-state index contributed by atoms with van der Waals surface area (Å²) in [5, 5.41) is 3.43. The molecule has 2 nitrogen and oxygen atoms in total. The Balaban J connectivity index is 0.00000225. The van der Waals surface area contributed by atoms with Gasteiger partial charge in [-0.25, -0.2) is 0 Å². The second-order valence-corrected chi connectivity index (χ2v) is 4.17. The Morgan fingerprint density at radius 3 is 2.56 bits per heavy atom. The molecule has 0 bridgehead atoms. The lowest BCUT2D eigenvalue weighted by Gasteiger charge is -2.10. The summed E-state index contributed by atoms with van der Waals surface area (Å²) < 4.78 is 5.28. The smallest absolute Gasteiger partial charge is 0.123 e. The maximum Gasteiger partial charge on any atom is 0.123 e. The standard InChI is InChI=1S/C13H21NO.ClH/c1-11(2)8-9-14-10-12-6-4-5-7-13(12)15-3;/h4-7,11,14H,8-10H2,1-3H3;1H. The molecule has 92 valence electrons. The average Bonchev–Trinajstić information content (AvgIpc) is 2.24. The van der Waals surface area contributed by atoms with Crippen LogP contribution >= 0.6 is 12.4 Å². The lowest BCUT2D eigenvalue weighted by molar-refractivity contribution is 0.407. The summed E-state index contributed by atoms with van der Waals surface area (Å²) in [5.41, 5.74) is 1.23. The fourth-order valence-corrected chi connectivity index (χ4v) is 1.46. The van der Waals surface area contributed by atoms with Crippen molar-refractivity contribution in [3.63, 3.8) is 0 Å². The van der Waals surface area contributed by atoms with Crippen LogP contribution < -0.4 is 10.1 Å². The van der Waals surface area contributed by atoms with Crippen LogP contribution in [0.3, 0.4) is 0 Å². The summed E-state index contributed by atoms with van der Waals surface area (Å²) in [5.74, 6) is 1.73. The number of halogens is 1. The van der Waals surface area contributed by atoms with Gasteiger partial charge < -0.3 is 10.1 Å². The van der Waals surface area contributed by atoms with Crippen molar-refractivity contribution in [2.45, 2.75) is 26.8 Å². The number of rotatable bonds is 6. The molecule has 0 aliphatic rings. The lowest BCUT2D eigenvalue weighted by Crippen LogP contribution is -2.16. The van der Waals surface area contributed by atoms with Crippen molar-refractivity contribution in [1.82, 2.24) is 5.32 Å². The minimum absolute atomic E-state index is 0. The maximum absolute atomic E-state index is 5.28. The molecule has 0 saturated heterocycles. The van der Waals surface area contributed by atoms with Gasteiger partial charge in [-0.2, -0.15) is 0 Å². The van der Waals surface area contributed by atoms with E-state index < -0.39 is 0 Å². The number of ether oxygens (including phenoxy) is 1. The predicted octanol–water partition coefficient (Wildman–Crippen LogP) is 3.25. The van der Waals surface area contributed by atoms with Crippen LogP contribution in [0, 0.1) is 5.92 Å². The second-order valence-electron chi connectivity index (χ2n) is 4.17. The highest BCUT2D eigenvalue weighted by Crippen LogP contribution is 2.16. The minimum atomic E-state index is 0. The first-order valence-corrected chi connectivity index (χ1v) is 5.56. The van der Waals surface area contributed by atoms with Crippen molar-refractivity contribution >= 4 is 12.4 Å². The first-order chi connectivity index (χ1) is 7.24. The van der Waals surface area contributed by atoms with Gasteiger partial charge in [-0.3, -0.25) is 0 Å². The van der Waals surface area contributed by atoms with Gasteiger partial charge in [-0.1, -0.05) is 32.0 Å². The van der Waals surface area contributed by atoms with Gasteiger partial charge in [0.25, 0.3) is 0 Å². The second kappa shape index (κ2) is 8.43. The molecule has 0 heterocycles. The van der Waals surface area contributed by atoms with Gasteiger partial charge in [0.15, 0.2) is 0 Å². The molecular weight excluding hydrogens is 222 g/mol. The summed E-state index contributed by atoms with van der Waals surface area (Å²) in [6.07, 6.45) is 1.22. The number of methoxy groups -OCH3 is 1. The van der Waals surface area contributed by atoms with Gasteiger partial charge >= 0.3 is 0 Å². The molecule has 0 spiro atoms. The van der Waals surface area contributed by atoms with Crippen LogP contribution in [0.1, 0.15) is 25.8 Å². The minimum Gasteiger partial charge on any atom is -0.496 e. The van der Waals surface area contributed by atoms with Crippen LogP contribution in [-0.2, 0) is 6.54 Å². The van der Waals surface area contributed by atoms with Crippen molar-refractivity contribution in [3.05, 3.63) is 29.8 Å². The maximum atomic E-state index is 5.28. The number of hydrogen-bond acceptors (Lipinski definition) is 2. The van der Waals surface area contributed by atoms with Gasteiger partial charge in [0, 0.05) is 12.1 Å². The van der Waals surface area contributed by atoms with Crippen molar-refractivity contribution in [2.24, 2.45) is 5.92 Å². The van der Waals surface area contributed by atoms with E-state index >= 15 is 0 Å². The van der Waals surface area contributed by atoms with Crippen molar-refractivity contribution in [3.8, 4) is 5.75 Å². The largest absolute Gasteiger partial charge is 0.496 e. The van der Waals surface area contributed by atoms with Crippen LogP contribution in [0.15, 0.2) is 24.3 Å². The topological polar surface area (TPSA) is 21.3 Å². The third kappa shape index (κ3) is 5.38. The van der Waals surface area contributed by atoms with E-state index in [0.717, 1.165) is 24.8 Å². The normalized spacial score (nSPS) is 10.0. The Kier molecular flexibility index (Phi) is 8.04. The number of para-hydroxylation sites is 1. The molecule has 0 aliphatic carbocycles. The fraction of sp³-hybridized carbons (Fsp3) is 0.538. The first-order valence-electron chi connectivity index (χ1n) is 5.56. The Morgan fingerprint density at radius 2 is 1.94 bits per heavy atom. The van der Waals surface area contributed by atoms with Gasteiger partial charge in [-0.15, -0.1) is 12.4 Å². The molecular formula is C13H22ClNO. The Bertz CT molecular complexity index is 289. The predicted molar refractivity (Wildman–Crippen MR) is 71.4 cm³/mol. The Labute approximate surface area is 105 Å². The Hall–Kier alpha value is -0.730. The lowest BCUT2D eigenvalue weighted by atomic mass is 10.1. The number of benzene rings is 1. The molecule has 0 aromatic heterocycles. The van der Waals surface area contributed by atoms with E-state index in [0.29, 0.717) is 0 Å². The molecule has 0 unspecified atom stereocenters. The van der Waals surface area contributed by atoms with Crippen LogP contribution in [-0.4, -0.2) is 13.7 Å². The first kappa shape index (κ1) is 15.3. The summed E-state index contributed by atoms with van der Waals surface area (Å²) in [4.78, 5) is 0. The molecule has 1 aromatic carbocycles. The van der Waals surface area contributed by atoms with Gasteiger partial charge in [0.05, 0.1) is 7.11 Å². The van der Waals surface area contributed by atoms with E-state index in [-0.39, 0.29) is 12.4 Å². The van der Waals surface area contributed by atoms with Gasteiger partial charge in [0.1, 0.15) is 5.75 Å². The molecule has 1 aromatic rings. The van der Waals surface area contributed by atoms with E-state index in [1.54, 1.807) is 7.11 Å². The number of nitrogens with one attached hydrogen (secondary N) is 1. The summed E-state index contributed by atoms with van der Waals surface area (Å²) >= 11 is 0. The zero-order valence-corrected chi connectivity index (χ0v) is 11.1. The van der Waals surface area contributed by atoms with E-state index in [9.17, 15) is 0 Å². The molecule has 16 heavy (non-hydrogen) atoms. The molecule has 0 radical (unpaired) electrons. The summed E-state index contributed by atoms with van der Waals surface area (Å²) in [7, 11) is 1.72. The molecule has 0 amide bonds. The van der Waals surface area contributed by atoms with Crippen molar-refractivity contribution in [1.29, 1.82) is 0 Å². The van der Waals surface area contributed by atoms with Crippen LogP contribution in [0.2, 0.25) is 0 Å². The van der Waals surface area contributed by atoms with E-state index in [1.165, 1.54) is 12.0 Å². The van der Waals surface area contributed by atoms with Crippen molar-refractivity contribution < 1.29 is 4.74 Å². The SMILES string of the molecule is COc1ccccc1CNCCC(C)C.Cl. The zero-order valence-electron chi connectivity index (χ0n) is 10.3. The highest BCUT2D eigenvalue weighted by molar-refractivity contribution is 5.85. The molecule has 0 fully saturated rings. The summed E-state index contributed by atoms with van der Waals surface area (Å²) in [6.45, 7) is 6.43. The highest BCUT2D eigenvalue weighted by Gasteiger charge is 2.00. The molecule has 0 atom stereocenters. The van der Waals surface area contributed by atoms with Crippen molar-refractivity contribution in [2.75, 3.05) is 13.7 Å². The van der Waals surface area contributed by atoms with Crippen LogP contribution in [0.5, 0.6) is 5.75 Å². The molecule has 1 rings (SSSR count). The van der Waals surface area contributed by atoms with Gasteiger partial charge in [0.2, 0.25) is 0 Å². The summed E-state index contributed by atoms with van der Waals surface area (Å²) in [6, 6.07) is 8.14. The Morgan fingerprint density at radius 1 is 1.25 bits per heavy atom. The monoisotopic (exact) mass is 243 g/mol. The van der Waals surface area contributed by atoms with Crippen LogP contribution in [0.4, 0.5) is 0 Å². The zero-order chi connectivity index (χ0) is 11.1. The highest BCUT2D eigenvalue weighted by atomic mass is 35.5. The third-order valence-corrected chi connectivity index (χ3v) is 2.41.